The van der Waals surface area contributed by atoms with Gasteiger partial charge in [0.05, 0.1) is 20.1 Å². The molecule has 1 aliphatic heterocycles. The summed E-state index contributed by atoms with van der Waals surface area (Å²) in [5.41, 5.74) is 1.99. The minimum atomic E-state index is -0.147. The number of piperazine rings is 1. The normalized spacial score (nSPS) is 14.3. The first-order valence-electron chi connectivity index (χ1n) is 11.1. The van der Waals surface area contributed by atoms with Crippen molar-refractivity contribution in [3.8, 4) is 5.75 Å². The molecule has 6 nitrogen and oxygen atoms in total. The van der Waals surface area contributed by atoms with Crippen LogP contribution < -0.4 is 10.1 Å². The number of hydrogen-bond donors (Lipinski definition) is 1. The first-order chi connectivity index (χ1) is 16.0. The number of carbonyl (C=O) groups is 2. The molecule has 0 aromatic heterocycles. The van der Waals surface area contributed by atoms with Gasteiger partial charge in [0.15, 0.2) is 0 Å². The zero-order valence-corrected chi connectivity index (χ0v) is 19.5. The molecule has 0 atom stereocenters. The summed E-state index contributed by atoms with van der Waals surface area (Å²) >= 11 is 6.13. The molecule has 1 fully saturated rings. The summed E-state index contributed by atoms with van der Waals surface area (Å²) < 4.78 is 5.43. The molecule has 3 aromatic carbocycles. The van der Waals surface area contributed by atoms with E-state index in [1.165, 1.54) is 0 Å². The molecule has 7 heteroatoms. The van der Waals surface area contributed by atoms with E-state index in [1.54, 1.807) is 7.11 Å². The summed E-state index contributed by atoms with van der Waals surface area (Å²) in [6, 6.07) is 19.5. The molecule has 1 aliphatic rings. The number of carbonyl (C=O) groups excluding carboxylic acids is 2. The Bertz CT molecular complexity index is 1140. The summed E-state index contributed by atoms with van der Waals surface area (Å²) in [5, 5.41) is 5.64. The maximum Gasteiger partial charge on any atom is 0.242 e. The topological polar surface area (TPSA) is 61.9 Å². The van der Waals surface area contributed by atoms with Gasteiger partial charge in [0.1, 0.15) is 5.75 Å². The molecule has 172 valence electrons. The van der Waals surface area contributed by atoms with Crippen LogP contribution in [0.1, 0.15) is 11.1 Å². The molecule has 0 spiro atoms. The summed E-state index contributed by atoms with van der Waals surface area (Å²) in [6.07, 6.45) is 0.254. The van der Waals surface area contributed by atoms with Gasteiger partial charge in [-0.05, 0) is 34.5 Å². The van der Waals surface area contributed by atoms with Crippen LogP contribution in [0.3, 0.4) is 0 Å². The average Bonchev–Trinajstić information content (AvgIpc) is 2.83. The lowest BCUT2D eigenvalue weighted by Gasteiger charge is -2.35. The molecule has 33 heavy (non-hydrogen) atoms. The maximum atomic E-state index is 12.6. The lowest BCUT2D eigenvalue weighted by molar-refractivity contribution is -0.134. The van der Waals surface area contributed by atoms with Gasteiger partial charge < -0.3 is 15.0 Å². The van der Waals surface area contributed by atoms with E-state index < -0.39 is 0 Å². The molecule has 3 aromatic rings. The van der Waals surface area contributed by atoms with Crippen molar-refractivity contribution in [1.82, 2.24) is 15.1 Å². The monoisotopic (exact) mass is 465 g/mol. The number of rotatable bonds is 7. The Hall–Kier alpha value is -3.09. The van der Waals surface area contributed by atoms with E-state index >= 15 is 0 Å². The number of benzene rings is 3. The van der Waals surface area contributed by atoms with Crippen LogP contribution in [0.25, 0.3) is 10.8 Å². The molecule has 1 saturated heterocycles. The number of ether oxygens (including phenoxy) is 1. The fourth-order valence-corrected chi connectivity index (χ4v) is 4.43. The zero-order valence-electron chi connectivity index (χ0n) is 18.7. The smallest absolute Gasteiger partial charge is 0.242 e. The zero-order chi connectivity index (χ0) is 23.2. The SMILES string of the molecule is COc1ccc(Cl)cc1CN1CCN(C(=O)CNC(=O)Cc2cccc3ccccc23)CC1. The summed E-state index contributed by atoms with van der Waals surface area (Å²) in [5.74, 6) is 0.611. The Labute approximate surface area is 199 Å². The quantitative estimate of drug-likeness (QED) is 0.580. The maximum absolute atomic E-state index is 12.6. The molecular formula is C26H28ClN3O3. The molecule has 0 radical (unpaired) electrons. The molecule has 0 unspecified atom stereocenters. The first-order valence-corrected chi connectivity index (χ1v) is 11.5. The van der Waals surface area contributed by atoms with E-state index in [1.807, 2.05) is 65.6 Å². The Kier molecular flexibility index (Phi) is 7.47. The van der Waals surface area contributed by atoms with E-state index in [9.17, 15) is 9.59 Å². The van der Waals surface area contributed by atoms with Crippen molar-refractivity contribution < 1.29 is 14.3 Å². The van der Waals surface area contributed by atoms with E-state index in [-0.39, 0.29) is 24.8 Å². The van der Waals surface area contributed by atoms with Crippen LogP contribution in [-0.4, -0.2) is 61.4 Å². The second-order valence-electron chi connectivity index (χ2n) is 8.20. The van der Waals surface area contributed by atoms with Crippen LogP contribution >= 0.6 is 11.6 Å². The number of hydrogen-bond acceptors (Lipinski definition) is 4. The predicted molar refractivity (Wildman–Crippen MR) is 131 cm³/mol. The van der Waals surface area contributed by atoms with Gasteiger partial charge in [-0.25, -0.2) is 0 Å². The van der Waals surface area contributed by atoms with Crippen molar-refractivity contribution in [2.24, 2.45) is 0 Å². The summed E-state index contributed by atoms with van der Waals surface area (Å²) in [6.45, 7) is 3.50. The van der Waals surface area contributed by atoms with Crippen molar-refractivity contribution in [2.75, 3.05) is 39.8 Å². The van der Waals surface area contributed by atoms with Gasteiger partial charge in [-0.15, -0.1) is 0 Å². The largest absolute Gasteiger partial charge is 0.496 e. The average molecular weight is 466 g/mol. The Morgan fingerprint density at radius 3 is 2.52 bits per heavy atom. The van der Waals surface area contributed by atoms with Gasteiger partial charge in [0, 0.05) is 43.3 Å². The second kappa shape index (κ2) is 10.7. The van der Waals surface area contributed by atoms with Crippen LogP contribution in [0.4, 0.5) is 0 Å². The summed E-state index contributed by atoms with van der Waals surface area (Å²) in [7, 11) is 1.65. The van der Waals surface area contributed by atoms with Gasteiger partial charge in [-0.2, -0.15) is 0 Å². The standard InChI is InChI=1S/C26H28ClN3O3/c1-33-24-10-9-22(27)15-21(24)18-29-11-13-30(14-12-29)26(32)17-28-25(31)16-20-7-4-6-19-5-2-3-8-23(19)20/h2-10,15H,11-14,16-18H2,1H3,(H,28,31). The van der Waals surface area contributed by atoms with Crippen LogP contribution in [-0.2, 0) is 22.6 Å². The van der Waals surface area contributed by atoms with Crippen LogP contribution in [0, 0.1) is 0 Å². The second-order valence-corrected chi connectivity index (χ2v) is 8.64. The van der Waals surface area contributed by atoms with Crippen LogP contribution in [0.15, 0.2) is 60.7 Å². The van der Waals surface area contributed by atoms with Crippen molar-refractivity contribution in [3.63, 3.8) is 0 Å². The van der Waals surface area contributed by atoms with E-state index in [2.05, 4.69) is 10.2 Å². The first kappa shape index (κ1) is 23.1. The Morgan fingerprint density at radius 1 is 0.970 bits per heavy atom. The highest BCUT2D eigenvalue weighted by atomic mass is 35.5. The molecule has 0 bridgehead atoms. The number of amides is 2. The number of nitrogens with zero attached hydrogens (tertiary/aromatic N) is 2. The van der Waals surface area contributed by atoms with Gasteiger partial charge >= 0.3 is 0 Å². The molecular weight excluding hydrogens is 438 g/mol. The highest BCUT2D eigenvalue weighted by molar-refractivity contribution is 6.30. The Morgan fingerprint density at radius 2 is 1.73 bits per heavy atom. The molecule has 1 N–H and O–H groups in total. The highest BCUT2D eigenvalue weighted by Crippen LogP contribution is 2.24. The molecule has 4 rings (SSSR count). The molecule has 1 heterocycles. The fraction of sp³-hybridized carbons (Fsp3) is 0.308. The summed E-state index contributed by atoms with van der Waals surface area (Å²) in [4.78, 5) is 29.2. The lowest BCUT2D eigenvalue weighted by Crippen LogP contribution is -2.51. The predicted octanol–water partition coefficient (Wildman–Crippen LogP) is 3.50. The molecule has 0 saturated carbocycles. The van der Waals surface area contributed by atoms with Crippen molar-refractivity contribution in [3.05, 3.63) is 76.8 Å². The minimum absolute atomic E-state index is 0.0196. The van der Waals surface area contributed by atoms with E-state index in [0.29, 0.717) is 24.7 Å². The third-order valence-corrected chi connectivity index (χ3v) is 6.26. The lowest BCUT2D eigenvalue weighted by atomic mass is 10.0. The number of nitrogens with one attached hydrogen (secondary N) is 1. The third kappa shape index (κ3) is 5.83. The van der Waals surface area contributed by atoms with Gasteiger partial charge in [-0.3, -0.25) is 14.5 Å². The minimum Gasteiger partial charge on any atom is -0.496 e. The number of fused-ring (bicyclic) bond motifs is 1. The van der Waals surface area contributed by atoms with E-state index in [4.69, 9.17) is 16.3 Å². The van der Waals surface area contributed by atoms with Crippen LogP contribution in [0.2, 0.25) is 5.02 Å². The Balaban J connectivity index is 1.25. The number of methoxy groups -OCH3 is 1. The van der Waals surface area contributed by atoms with Gasteiger partial charge in [0.25, 0.3) is 0 Å². The molecule has 0 aliphatic carbocycles. The van der Waals surface area contributed by atoms with Gasteiger partial charge in [0.2, 0.25) is 11.8 Å². The highest BCUT2D eigenvalue weighted by Gasteiger charge is 2.22. The van der Waals surface area contributed by atoms with Gasteiger partial charge in [-0.1, -0.05) is 54.1 Å². The molecule has 2 amide bonds. The van der Waals surface area contributed by atoms with Crippen LogP contribution in [0.5, 0.6) is 5.75 Å². The van der Waals surface area contributed by atoms with Crippen molar-refractivity contribution >= 4 is 34.2 Å². The van der Waals surface area contributed by atoms with E-state index in [0.717, 1.165) is 40.7 Å². The van der Waals surface area contributed by atoms with Crippen molar-refractivity contribution in [1.29, 1.82) is 0 Å². The third-order valence-electron chi connectivity index (χ3n) is 6.03. The number of halogens is 1. The van der Waals surface area contributed by atoms with Crippen molar-refractivity contribution in [2.45, 2.75) is 13.0 Å². The fourth-order valence-electron chi connectivity index (χ4n) is 4.24.